The number of carbonyl (C=O) groups is 1. The number of rotatable bonds is 2. The van der Waals surface area contributed by atoms with Gasteiger partial charge in [0.25, 0.3) is 0 Å². The summed E-state index contributed by atoms with van der Waals surface area (Å²) in [5.74, 6) is 0.371. The molecule has 0 saturated carbocycles. The Morgan fingerprint density at radius 1 is 1.05 bits per heavy atom. The Labute approximate surface area is 127 Å². The highest BCUT2D eigenvalue weighted by molar-refractivity contribution is 6.14. The number of carbonyl (C=O) groups excluding carboxylic acids is 1. The summed E-state index contributed by atoms with van der Waals surface area (Å²) < 4.78 is 10.0. The minimum absolute atomic E-state index is 0.0665. The molecule has 4 nitrogen and oxygen atoms in total. The van der Waals surface area contributed by atoms with Crippen LogP contribution >= 0.6 is 0 Å². The van der Waals surface area contributed by atoms with Crippen molar-refractivity contribution >= 4 is 27.5 Å². The topological polar surface area (TPSA) is 55.8 Å². The van der Waals surface area contributed by atoms with E-state index in [2.05, 4.69) is 0 Å². The van der Waals surface area contributed by atoms with E-state index < -0.39 is 5.97 Å². The maximum Gasteiger partial charge on any atom is 0.338 e. The molecule has 0 aliphatic rings. The van der Waals surface area contributed by atoms with Crippen LogP contribution in [0, 0.1) is 6.92 Å². The van der Waals surface area contributed by atoms with Crippen molar-refractivity contribution in [1.82, 2.24) is 0 Å². The minimum atomic E-state index is -0.454. The fourth-order valence-electron chi connectivity index (χ4n) is 2.81. The SMILES string of the molecule is COC(=O)c1cc(O)c2c(ccc3cc(OC)ccc32)c1C. The lowest BCUT2D eigenvalue weighted by Crippen LogP contribution is -2.04. The van der Waals surface area contributed by atoms with Gasteiger partial charge in [0.05, 0.1) is 19.8 Å². The van der Waals surface area contributed by atoms with Gasteiger partial charge in [0.2, 0.25) is 0 Å². The van der Waals surface area contributed by atoms with Gasteiger partial charge >= 0.3 is 5.97 Å². The predicted molar refractivity (Wildman–Crippen MR) is 85.7 cm³/mol. The molecule has 0 aliphatic heterocycles. The van der Waals surface area contributed by atoms with E-state index in [0.717, 1.165) is 32.9 Å². The van der Waals surface area contributed by atoms with Crippen LogP contribution in [-0.2, 0) is 4.74 Å². The number of hydrogen-bond donors (Lipinski definition) is 1. The Hall–Kier alpha value is -2.75. The first-order valence-electron chi connectivity index (χ1n) is 6.88. The van der Waals surface area contributed by atoms with Crippen molar-refractivity contribution in [3.8, 4) is 11.5 Å². The van der Waals surface area contributed by atoms with Crippen molar-refractivity contribution in [3.05, 3.63) is 47.5 Å². The number of phenols is 1. The molecule has 22 heavy (non-hydrogen) atoms. The summed E-state index contributed by atoms with van der Waals surface area (Å²) in [6, 6.07) is 11.0. The van der Waals surface area contributed by atoms with Crippen LogP contribution < -0.4 is 4.74 Å². The zero-order valence-electron chi connectivity index (χ0n) is 12.6. The highest BCUT2D eigenvalue weighted by Gasteiger charge is 2.16. The van der Waals surface area contributed by atoms with E-state index in [-0.39, 0.29) is 5.75 Å². The summed E-state index contributed by atoms with van der Waals surface area (Å²) >= 11 is 0. The average molecular weight is 296 g/mol. The van der Waals surface area contributed by atoms with Gasteiger partial charge in [0.15, 0.2) is 0 Å². The van der Waals surface area contributed by atoms with E-state index in [1.807, 2.05) is 37.3 Å². The second-order valence-electron chi connectivity index (χ2n) is 5.14. The van der Waals surface area contributed by atoms with E-state index in [4.69, 9.17) is 9.47 Å². The standard InChI is InChI=1S/C18H16O4/c1-10-13-6-4-11-8-12(21-2)5-7-14(11)17(13)16(19)9-15(10)18(20)22-3/h4-9,19H,1-3H3. The van der Waals surface area contributed by atoms with Crippen molar-refractivity contribution in [2.24, 2.45) is 0 Å². The normalized spacial score (nSPS) is 10.9. The molecule has 0 aliphatic carbocycles. The van der Waals surface area contributed by atoms with Crippen LogP contribution in [0.4, 0.5) is 0 Å². The Bertz CT molecular complexity index is 897. The quantitative estimate of drug-likeness (QED) is 0.577. The first-order chi connectivity index (χ1) is 10.6. The van der Waals surface area contributed by atoms with Gasteiger partial charge in [-0.3, -0.25) is 0 Å². The zero-order valence-corrected chi connectivity index (χ0v) is 12.6. The molecule has 0 amide bonds. The van der Waals surface area contributed by atoms with Gasteiger partial charge in [-0.05, 0) is 52.9 Å². The third-order valence-electron chi connectivity index (χ3n) is 3.98. The Morgan fingerprint density at radius 2 is 1.77 bits per heavy atom. The van der Waals surface area contributed by atoms with Crippen molar-refractivity contribution in [2.75, 3.05) is 14.2 Å². The average Bonchev–Trinajstić information content (AvgIpc) is 2.55. The van der Waals surface area contributed by atoms with E-state index >= 15 is 0 Å². The number of aromatic hydroxyl groups is 1. The monoisotopic (exact) mass is 296 g/mol. The largest absolute Gasteiger partial charge is 0.507 e. The molecule has 1 N–H and O–H groups in total. The summed E-state index contributed by atoms with van der Waals surface area (Å²) in [5, 5.41) is 13.8. The van der Waals surface area contributed by atoms with Crippen LogP contribution in [0.25, 0.3) is 21.5 Å². The maximum atomic E-state index is 11.8. The predicted octanol–water partition coefficient (Wildman–Crippen LogP) is 3.80. The van der Waals surface area contributed by atoms with Crippen molar-refractivity contribution < 1.29 is 19.4 Å². The molecule has 0 spiro atoms. The van der Waals surface area contributed by atoms with Crippen LogP contribution in [0.2, 0.25) is 0 Å². The smallest absolute Gasteiger partial charge is 0.338 e. The second-order valence-corrected chi connectivity index (χ2v) is 5.14. The van der Waals surface area contributed by atoms with E-state index in [0.29, 0.717) is 5.56 Å². The lowest BCUT2D eigenvalue weighted by Gasteiger charge is -2.12. The molecular formula is C18H16O4. The number of aryl methyl sites for hydroxylation is 1. The van der Waals surface area contributed by atoms with Gasteiger partial charge in [-0.25, -0.2) is 4.79 Å². The van der Waals surface area contributed by atoms with E-state index in [1.165, 1.54) is 13.2 Å². The number of methoxy groups -OCH3 is 2. The molecule has 0 unspecified atom stereocenters. The first kappa shape index (κ1) is 14.2. The molecule has 0 fully saturated rings. The molecule has 3 aromatic rings. The van der Waals surface area contributed by atoms with Crippen LogP contribution in [0.5, 0.6) is 11.5 Å². The highest BCUT2D eigenvalue weighted by atomic mass is 16.5. The summed E-state index contributed by atoms with van der Waals surface area (Å²) in [7, 11) is 2.95. The zero-order chi connectivity index (χ0) is 15.9. The summed E-state index contributed by atoms with van der Waals surface area (Å²) in [4.78, 5) is 11.8. The van der Waals surface area contributed by atoms with E-state index in [1.54, 1.807) is 7.11 Å². The molecule has 112 valence electrons. The number of esters is 1. The molecular weight excluding hydrogens is 280 g/mol. The number of phenolic OH excluding ortho intramolecular Hbond substituents is 1. The van der Waals surface area contributed by atoms with Crippen molar-refractivity contribution in [2.45, 2.75) is 6.92 Å². The highest BCUT2D eigenvalue weighted by Crippen LogP contribution is 2.37. The summed E-state index contributed by atoms with van der Waals surface area (Å²) in [5.41, 5.74) is 1.16. The van der Waals surface area contributed by atoms with Crippen LogP contribution in [0.1, 0.15) is 15.9 Å². The third-order valence-corrected chi connectivity index (χ3v) is 3.98. The fraction of sp³-hybridized carbons (Fsp3) is 0.167. The second kappa shape index (κ2) is 5.22. The molecule has 0 radical (unpaired) electrons. The molecule has 0 heterocycles. The molecule has 3 rings (SSSR count). The van der Waals surface area contributed by atoms with Gasteiger partial charge in [-0.1, -0.05) is 12.1 Å². The number of fused-ring (bicyclic) bond motifs is 3. The van der Waals surface area contributed by atoms with Crippen molar-refractivity contribution in [1.29, 1.82) is 0 Å². The van der Waals surface area contributed by atoms with Crippen molar-refractivity contribution in [3.63, 3.8) is 0 Å². The molecule has 0 saturated heterocycles. The number of benzene rings is 3. The van der Waals surface area contributed by atoms with Gasteiger partial charge in [0, 0.05) is 5.39 Å². The lowest BCUT2D eigenvalue weighted by molar-refractivity contribution is 0.0599. The first-order valence-corrected chi connectivity index (χ1v) is 6.88. The van der Waals surface area contributed by atoms with Gasteiger partial charge < -0.3 is 14.6 Å². The van der Waals surface area contributed by atoms with Crippen LogP contribution in [0.3, 0.4) is 0 Å². The maximum absolute atomic E-state index is 11.8. The van der Waals surface area contributed by atoms with Crippen LogP contribution in [-0.4, -0.2) is 25.3 Å². The lowest BCUT2D eigenvalue weighted by atomic mass is 9.94. The molecule has 0 aromatic heterocycles. The summed E-state index contributed by atoms with van der Waals surface area (Å²) in [6.45, 7) is 1.85. The van der Waals surface area contributed by atoms with Gasteiger partial charge in [-0.15, -0.1) is 0 Å². The summed E-state index contributed by atoms with van der Waals surface area (Å²) in [6.07, 6.45) is 0. The molecule has 4 heteroatoms. The fourth-order valence-corrected chi connectivity index (χ4v) is 2.81. The minimum Gasteiger partial charge on any atom is -0.507 e. The third kappa shape index (κ3) is 2.04. The molecule has 3 aromatic carbocycles. The number of ether oxygens (including phenoxy) is 2. The Kier molecular flexibility index (Phi) is 3.37. The number of hydrogen-bond acceptors (Lipinski definition) is 4. The van der Waals surface area contributed by atoms with Gasteiger partial charge in [0.1, 0.15) is 11.5 Å². The molecule has 0 bridgehead atoms. The van der Waals surface area contributed by atoms with E-state index in [9.17, 15) is 9.90 Å². The Morgan fingerprint density at radius 3 is 2.45 bits per heavy atom. The van der Waals surface area contributed by atoms with Crippen LogP contribution in [0.15, 0.2) is 36.4 Å². The Balaban J connectivity index is 2.40. The van der Waals surface area contributed by atoms with Gasteiger partial charge in [-0.2, -0.15) is 0 Å². The molecule has 0 atom stereocenters.